The molecule has 0 aromatic carbocycles. The van der Waals surface area contributed by atoms with Gasteiger partial charge in [0.05, 0.1) is 17.9 Å². The average molecular weight is 428 g/mol. The molecule has 9 nitrogen and oxygen atoms in total. The molecule has 0 spiro atoms. The predicted octanol–water partition coefficient (Wildman–Crippen LogP) is 1.96. The van der Waals surface area contributed by atoms with Gasteiger partial charge in [-0.15, -0.1) is 5.10 Å². The van der Waals surface area contributed by atoms with Gasteiger partial charge >= 0.3 is 0 Å². The number of hydrogen-bond acceptors (Lipinski definition) is 8. The van der Waals surface area contributed by atoms with Gasteiger partial charge in [0.1, 0.15) is 12.5 Å². The molecule has 166 valence electrons. The Hall–Kier alpha value is -3.01. The fourth-order valence-electron chi connectivity index (χ4n) is 3.99. The summed E-state index contributed by atoms with van der Waals surface area (Å²) in [5, 5.41) is 10.9. The normalized spacial score (nSPS) is 15.4. The van der Waals surface area contributed by atoms with Crippen LogP contribution in [-0.2, 0) is 6.42 Å². The number of aryl methyl sites for hydroxylation is 1. The molecule has 1 saturated heterocycles. The van der Waals surface area contributed by atoms with Crippen molar-refractivity contribution in [2.24, 2.45) is 0 Å². The van der Waals surface area contributed by atoms with Crippen molar-refractivity contribution in [2.75, 3.05) is 48.8 Å². The van der Waals surface area contributed by atoms with Gasteiger partial charge in [0.15, 0.2) is 11.5 Å². The highest BCUT2D eigenvalue weighted by molar-refractivity contribution is 5.61. The van der Waals surface area contributed by atoms with Crippen molar-refractivity contribution < 1.29 is 4.39 Å². The number of pyridine rings is 1. The molecule has 0 amide bonds. The minimum absolute atomic E-state index is 0.265. The van der Waals surface area contributed by atoms with Crippen molar-refractivity contribution in [1.82, 2.24) is 29.9 Å². The van der Waals surface area contributed by atoms with Gasteiger partial charge in [-0.1, -0.05) is 19.4 Å². The first kappa shape index (κ1) is 21.2. The van der Waals surface area contributed by atoms with E-state index in [0.717, 1.165) is 55.2 Å². The van der Waals surface area contributed by atoms with Gasteiger partial charge in [-0.05, 0) is 24.5 Å². The Morgan fingerprint density at radius 2 is 2.06 bits per heavy atom. The van der Waals surface area contributed by atoms with Crippen molar-refractivity contribution in [2.45, 2.75) is 39.2 Å². The smallest absolute Gasteiger partial charge is 0.243 e. The summed E-state index contributed by atoms with van der Waals surface area (Å²) in [6.45, 7) is 7.49. The SMILES string of the molecule is CCCC(CF)Nc1nc(N)c2ncc(Cc3cnc(N4CCNCC4)c(C)c3)n2n1. The average Bonchev–Trinajstić information content (AvgIpc) is 3.17. The first-order valence-electron chi connectivity index (χ1n) is 10.8. The number of nitrogens with zero attached hydrogens (tertiary/aromatic N) is 6. The van der Waals surface area contributed by atoms with Crippen LogP contribution in [0.5, 0.6) is 0 Å². The fourth-order valence-corrected chi connectivity index (χ4v) is 3.99. The summed E-state index contributed by atoms with van der Waals surface area (Å²) in [4.78, 5) is 15.7. The second kappa shape index (κ2) is 9.42. The van der Waals surface area contributed by atoms with E-state index in [1.807, 2.05) is 13.1 Å². The number of nitrogens with one attached hydrogen (secondary N) is 2. The largest absolute Gasteiger partial charge is 0.380 e. The first-order chi connectivity index (χ1) is 15.1. The molecule has 3 aromatic heterocycles. The minimum atomic E-state index is -0.490. The fraction of sp³-hybridized carbons (Fsp3) is 0.524. The van der Waals surface area contributed by atoms with Gasteiger partial charge in [-0.2, -0.15) is 4.98 Å². The molecule has 1 aliphatic rings. The number of hydrogen-bond donors (Lipinski definition) is 3. The maximum atomic E-state index is 13.3. The number of halogens is 1. The first-order valence-corrected chi connectivity index (χ1v) is 10.8. The zero-order valence-corrected chi connectivity index (χ0v) is 18.1. The van der Waals surface area contributed by atoms with E-state index in [1.165, 1.54) is 0 Å². The van der Waals surface area contributed by atoms with E-state index < -0.39 is 6.67 Å². The van der Waals surface area contributed by atoms with Crippen LogP contribution in [0.25, 0.3) is 5.65 Å². The van der Waals surface area contributed by atoms with Gasteiger partial charge < -0.3 is 21.3 Å². The summed E-state index contributed by atoms with van der Waals surface area (Å²) in [6.07, 6.45) is 5.83. The van der Waals surface area contributed by atoms with E-state index in [4.69, 9.17) is 10.7 Å². The van der Waals surface area contributed by atoms with Crippen LogP contribution < -0.4 is 21.3 Å². The van der Waals surface area contributed by atoms with Crippen molar-refractivity contribution in [3.63, 3.8) is 0 Å². The highest BCUT2D eigenvalue weighted by atomic mass is 19.1. The molecule has 1 unspecified atom stereocenters. The summed E-state index contributed by atoms with van der Waals surface area (Å²) < 4.78 is 15.0. The zero-order chi connectivity index (χ0) is 21.8. The Morgan fingerprint density at radius 1 is 1.26 bits per heavy atom. The number of fused-ring (bicyclic) bond motifs is 1. The van der Waals surface area contributed by atoms with Gasteiger partial charge in [0.25, 0.3) is 0 Å². The van der Waals surface area contributed by atoms with E-state index in [2.05, 4.69) is 43.6 Å². The third kappa shape index (κ3) is 4.68. The Labute approximate surface area is 181 Å². The number of nitrogens with two attached hydrogens (primary N) is 1. The molecule has 0 aliphatic carbocycles. The minimum Gasteiger partial charge on any atom is -0.380 e. The molecular weight excluding hydrogens is 397 g/mol. The molecule has 10 heteroatoms. The summed E-state index contributed by atoms with van der Waals surface area (Å²) in [5.41, 5.74) is 9.67. The van der Waals surface area contributed by atoms with E-state index in [1.54, 1.807) is 10.7 Å². The lowest BCUT2D eigenvalue weighted by atomic mass is 10.1. The van der Waals surface area contributed by atoms with Crippen LogP contribution in [0.2, 0.25) is 0 Å². The lowest BCUT2D eigenvalue weighted by molar-refractivity contribution is 0.426. The topological polar surface area (TPSA) is 109 Å². The van der Waals surface area contributed by atoms with Crippen LogP contribution in [0.3, 0.4) is 0 Å². The van der Waals surface area contributed by atoms with Crippen molar-refractivity contribution in [1.29, 1.82) is 0 Å². The standard InChI is InChI=1S/C21H30FN9/c1-3-4-16(11-22)27-21-28-18(23)20-26-13-17(31(20)29-21)10-15-9-14(2)19(25-12-15)30-7-5-24-6-8-30/h9,12-13,16,24H,3-8,10-11H2,1-2H3,(H3,23,27,28,29). The second-order valence-corrected chi connectivity index (χ2v) is 7.99. The Kier molecular flexibility index (Phi) is 6.45. The Morgan fingerprint density at radius 3 is 2.77 bits per heavy atom. The van der Waals surface area contributed by atoms with Gasteiger partial charge in [-0.25, -0.2) is 18.9 Å². The third-order valence-electron chi connectivity index (χ3n) is 5.52. The number of aromatic nitrogens is 5. The van der Waals surface area contributed by atoms with Crippen LogP contribution in [0.15, 0.2) is 18.5 Å². The van der Waals surface area contributed by atoms with E-state index in [0.29, 0.717) is 24.4 Å². The van der Waals surface area contributed by atoms with Gasteiger partial charge in [-0.3, -0.25) is 0 Å². The molecular formula is C21H30FN9. The van der Waals surface area contributed by atoms with Crippen molar-refractivity contribution in [3.05, 3.63) is 35.3 Å². The lowest BCUT2D eigenvalue weighted by Gasteiger charge is -2.29. The molecule has 4 rings (SSSR count). The molecule has 0 saturated carbocycles. The van der Waals surface area contributed by atoms with Crippen molar-refractivity contribution >= 4 is 23.2 Å². The number of piperazine rings is 1. The molecule has 4 heterocycles. The van der Waals surface area contributed by atoms with Crippen LogP contribution in [0, 0.1) is 6.92 Å². The monoisotopic (exact) mass is 427 g/mol. The second-order valence-electron chi connectivity index (χ2n) is 7.99. The van der Waals surface area contributed by atoms with Crippen LogP contribution in [-0.4, -0.2) is 63.5 Å². The molecule has 1 atom stereocenters. The van der Waals surface area contributed by atoms with E-state index >= 15 is 0 Å². The van der Waals surface area contributed by atoms with E-state index in [-0.39, 0.29) is 11.9 Å². The van der Waals surface area contributed by atoms with Crippen molar-refractivity contribution in [3.8, 4) is 0 Å². The van der Waals surface area contributed by atoms with Gasteiger partial charge in [0, 0.05) is 38.8 Å². The molecule has 1 fully saturated rings. The number of nitrogen functional groups attached to an aromatic ring is 1. The Balaban J connectivity index is 1.57. The summed E-state index contributed by atoms with van der Waals surface area (Å²) >= 11 is 0. The van der Waals surface area contributed by atoms with Crippen LogP contribution >= 0.6 is 0 Å². The van der Waals surface area contributed by atoms with Gasteiger partial charge in [0.2, 0.25) is 5.95 Å². The molecule has 3 aromatic rings. The lowest BCUT2D eigenvalue weighted by Crippen LogP contribution is -2.44. The van der Waals surface area contributed by atoms with Crippen LogP contribution in [0.1, 0.15) is 36.6 Å². The summed E-state index contributed by atoms with van der Waals surface area (Å²) in [7, 11) is 0. The highest BCUT2D eigenvalue weighted by Crippen LogP contribution is 2.21. The maximum Gasteiger partial charge on any atom is 0.243 e. The Bertz CT molecular complexity index is 1030. The molecule has 31 heavy (non-hydrogen) atoms. The van der Waals surface area contributed by atoms with Crippen LogP contribution in [0.4, 0.5) is 22.0 Å². The number of rotatable bonds is 8. The zero-order valence-electron chi connectivity index (χ0n) is 18.1. The molecule has 0 bridgehead atoms. The summed E-state index contributed by atoms with van der Waals surface area (Å²) in [5.74, 6) is 1.61. The molecule has 1 aliphatic heterocycles. The molecule has 0 radical (unpaired) electrons. The predicted molar refractivity (Wildman–Crippen MR) is 120 cm³/mol. The summed E-state index contributed by atoms with van der Waals surface area (Å²) in [6, 6.07) is 1.83. The number of alkyl halides is 1. The quantitative estimate of drug-likeness (QED) is 0.501. The highest BCUT2D eigenvalue weighted by Gasteiger charge is 2.17. The number of imidazole rings is 1. The third-order valence-corrected chi connectivity index (χ3v) is 5.52. The maximum absolute atomic E-state index is 13.3. The number of anilines is 3. The van der Waals surface area contributed by atoms with E-state index in [9.17, 15) is 4.39 Å². The molecule has 4 N–H and O–H groups in total.